The fourth-order valence-electron chi connectivity index (χ4n) is 14.7. The summed E-state index contributed by atoms with van der Waals surface area (Å²) in [5.41, 5.74) is 0. The minimum Gasteiger partial charge on any atom is -0.394 e. The number of ether oxygens (including phenoxy) is 20. The monoisotopic (exact) mass is 1710 g/mol. The van der Waals surface area contributed by atoms with Crippen LogP contribution in [0.2, 0.25) is 0 Å². The third-order valence-electron chi connectivity index (χ3n) is 21.4. The molecule has 0 bridgehead atoms. The Hall–Kier alpha value is -1.69. The van der Waals surface area contributed by atoms with E-state index in [2.05, 4.69) is 12.6 Å². The molecular formula is C63H108O51S. The van der Waals surface area contributed by atoms with E-state index in [4.69, 9.17) is 94.7 Å². The molecular weight excluding hydrogens is 1600 g/mol. The minimum absolute atomic E-state index is 0.124. The Morgan fingerprint density at radius 2 is 0.400 bits per heavy atom. The van der Waals surface area contributed by atoms with E-state index in [0.717, 1.165) is 0 Å². The highest BCUT2D eigenvalue weighted by Gasteiger charge is 2.62. The van der Waals surface area contributed by atoms with Crippen LogP contribution in [0.1, 0.15) is 6.42 Å². The minimum atomic E-state index is -2.46. The number of rotatable bonds is 32. The molecule has 115 heavy (non-hydrogen) atoms. The third-order valence-corrected chi connectivity index (χ3v) is 21.7. The Morgan fingerprint density at radius 3 is 0.696 bits per heavy atom. The lowest BCUT2D eigenvalue weighted by Crippen LogP contribution is -2.69. The molecule has 10 heterocycles. The quantitative estimate of drug-likeness (QED) is 0.0220. The Morgan fingerprint density at radius 1 is 0.183 bits per heavy atom. The summed E-state index contributed by atoms with van der Waals surface area (Å²) in [5.74, 6) is 0.144. The van der Waals surface area contributed by atoms with Gasteiger partial charge in [-0.1, -0.05) is 0 Å². The normalized spacial score (nSPS) is 52.3. The molecule has 0 amide bonds. The molecule has 10 aliphatic heterocycles. The topological polar surface area (TPSA) is 812 Å². The van der Waals surface area contributed by atoms with Crippen LogP contribution in [0.25, 0.3) is 0 Å². The number of hydrogen-bond acceptors (Lipinski definition) is 52. The van der Waals surface area contributed by atoms with E-state index in [1.807, 2.05) is 0 Å². The van der Waals surface area contributed by atoms with Crippen molar-refractivity contribution in [2.24, 2.45) is 0 Å². The number of hydrogen-bond donors (Lipinski definition) is 32. The maximum atomic E-state index is 12.4. The van der Waals surface area contributed by atoms with Gasteiger partial charge in [-0.2, -0.15) is 12.6 Å². The molecule has 51 nitrogen and oxygen atoms in total. The van der Waals surface area contributed by atoms with E-state index < -0.39 is 373 Å². The van der Waals surface area contributed by atoms with Crippen molar-refractivity contribution >= 4 is 12.6 Å². The molecule has 10 aliphatic rings. The molecule has 0 spiro atoms. The summed E-state index contributed by atoms with van der Waals surface area (Å²) < 4.78 is 117. The van der Waals surface area contributed by atoms with Gasteiger partial charge in [0.25, 0.3) is 0 Å². The first kappa shape index (κ1) is 95.5. The van der Waals surface area contributed by atoms with Crippen LogP contribution in [0.5, 0.6) is 0 Å². The summed E-state index contributed by atoms with van der Waals surface area (Å²) in [6.07, 6.45) is -104. The smallest absolute Gasteiger partial charge is 0.187 e. The Labute approximate surface area is 655 Å². The largest absolute Gasteiger partial charge is 0.394 e. The van der Waals surface area contributed by atoms with Crippen molar-refractivity contribution in [2.45, 2.75) is 313 Å². The summed E-state index contributed by atoms with van der Waals surface area (Å²) in [6.45, 7) is -11.1. The van der Waals surface area contributed by atoms with Gasteiger partial charge in [0, 0.05) is 0 Å². The molecule has 0 aromatic heterocycles. The highest BCUT2D eigenvalue weighted by molar-refractivity contribution is 7.80. The zero-order valence-electron chi connectivity index (χ0n) is 60.5. The van der Waals surface area contributed by atoms with Gasteiger partial charge < -0.3 is 253 Å². The highest BCUT2D eigenvalue weighted by atomic mass is 32.1. The lowest BCUT2D eigenvalue weighted by Gasteiger charge is -2.51. The Bertz CT molecular complexity index is 2860. The van der Waals surface area contributed by atoms with Gasteiger partial charge in [0.1, 0.15) is 244 Å². The molecule has 31 N–H and O–H groups in total. The van der Waals surface area contributed by atoms with Gasteiger partial charge in [0.2, 0.25) is 0 Å². The van der Waals surface area contributed by atoms with E-state index >= 15 is 0 Å². The van der Waals surface area contributed by atoms with E-state index in [0.29, 0.717) is 0 Å². The number of aliphatic hydroxyl groups is 31. The van der Waals surface area contributed by atoms with Crippen LogP contribution in [0, 0.1) is 0 Å². The fraction of sp³-hybridized carbons (Fsp3) is 1.00. The molecule has 10 rings (SSSR count). The lowest BCUT2D eigenvalue weighted by atomic mass is 9.95. The van der Waals surface area contributed by atoms with Gasteiger partial charge in [0.15, 0.2) is 62.9 Å². The first-order valence-electron chi connectivity index (χ1n) is 36.8. The van der Waals surface area contributed by atoms with Crippen LogP contribution in [0.4, 0.5) is 0 Å². The molecule has 20 unspecified atom stereocenters. The maximum Gasteiger partial charge on any atom is 0.187 e. The average molecular weight is 1710 g/mol. The third kappa shape index (κ3) is 20.5. The molecule has 10 fully saturated rings. The standard InChI is InChI=1S/C63H108O51S/c64-4-14-24(73)29(78)38(87)55(97-14)107-46-19(9-69)102-58(41(90)34(46)83)109-48-21(11-71)104-60(43(92)36(48)85)113-52-32(81)27(76)17(7-67)100-62(52)96-13-23-50(51(45(94)54(106-23)95-2-1-3-115)112-57-40(89)31(80)26(75)16(6-66)99-57)111-63-53(33(82)28(77)18(8-68)101-63)114-61-44(93)37(86)49(22(12-72)105-61)110-59-42(91)35(84)47(20(10-70)103-59)108-56-39(88)30(79)25(74)15(5-65)98-56/h14-94,115H,1-13H2/t14?,15?,16?,17?,18?,19?,20?,21?,22?,23?,24-,25-,26+,27+,28+,29?,30?,31?,32?,33?,34?,35?,36?,37?,38-,39-,40-,41-,42-,43-,44-,45-,46-,47-,48+,49+,50+,51?,52-,53-,54-,55+,56+,57-,58-,59-,60+,61-,62+,63-/m0/s1. The molecule has 0 aromatic carbocycles. The Kier molecular flexibility index (Phi) is 35.2. The van der Waals surface area contributed by atoms with Crippen LogP contribution < -0.4 is 0 Å². The fourth-order valence-corrected chi connectivity index (χ4v) is 14.8. The van der Waals surface area contributed by atoms with Gasteiger partial charge >= 0.3 is 0 Å². The maximum absolute atomic E-state index is 12.4. The Balaban J connectivity index is 0.902. The molecule has 0 aliphatic carbocycles. The number of thiol groups is 1. The summed E-state index contributed by atoms with van der Waals surface area (Å²) in [6, 6.07) is 0. The molecule has 10 saturated heterocycles. The molecule has 52 heteroatoms. The van der Waals surface area contributed by atoms with E-state index in [-0.39, 0.29) is 18.8 Å². The molecule has 50 atom stereocenters. The van der Waals surface area contributed by atoms with Crippen molar-refractivity contribution in [3.8, 4) is 0 Å². The zero-order chi connectivity index (χ0) is 84.2. The highest BCUT2D eigenvalue weighted by Crippen LogP contribution is 2.41. The summed E-state index contributed by atoms with van der Waals surface area (Å²) in [4.78, 5) is 0. The van der Waals surface area contributed by atoms with Gasteiger partial charge in [-0.3, -0.25) is 0 Å². The first-order chi connectivity index (χ1) is 54.7. The van der Waals surface area contributed by atoms with Crippen LogP contribution in [0.3, 0.4) is 0 Å². The van der Waals surface area contributed by atoms with Crippen LogP contribution in [-0.2, 0) is 94.7 Å². The molecule has 0 radical (unpaired) electrons. The molecule has 0 aromatic rings. The van der Waals surface area contributed by atoms with Crippen molar-refractivity contribution in [1.29, 1.82) is 0 Å². The second-order valence-corrected chi connectivity index (χ2v) is 29.4. The van der Waals surface area contributed by atoms with Crippen molar-refractivity contribution < 1.29 is 253 Å². The van der Waals surface area contributed by atoms with Crippen molar-refractivity contribution in [2.75, 3.05) is 78.4 Å². The van der Waals surface area contributed by atoms with Crippen LogP contribution >= 0.6 is 12.6 Å². The van der Waals surface area contributed by atoms with E-state index in [1.165, 1.54) is 0 Å². The van der Waals surface area contributed by atoms with Crippen molar-refractivity contribution in [3.63, 3.8) is 0 Å². The lowest BCUT2D eigenvalue weighted by molar-refractivity contribution is -0.410. The predicted octanol–water partition coefficient (Wildman–Crippen LogP) is -21.5. The molecule has 672 valence electrons. The number of aliphatic hydroxyl groups excluding tert-OH is 31. The molecule has 0 saturated carbocycles. The SMILES string of the molecule is OCC1O[C@@H](OC2[C@H](O[C@@H]3OC(CO)[C@@H](O)C(O)[C@@H]3O[C@@H]3OC(CO)[C@@H](O[C@@H]4OC(CO)[C@H](O[C@H]5OC(CO)[C@H](O)C(O)[C@@H]5O)C(O)[C@@H]4O)C(O)[C@@H]3O)C(CO[C@@H]3OC(CO)[C@@H](O)C(O)[C@@H]3O[C@H]3OC(CO)[C@@H](O[C@@H]4OC(CO)[C@H](O[C@H]5OC(CO)[C@H](O)C(O)[C@@H]5O)C(O)[C@@H]4O)C(O)[C@@H]3O)O[C@H](OCCCS)[C@H]2O)[C@@H](O)C(O)[C@@H]1O. The van der Waals surface area contributed by atoms with E-state index in [9.17, 15) is 158 Å². The van der Waals surface area contributed by atoms with Crippen molar-refractivity contribution in [1.82, 2.24) is 0 Å². The summed E-state index contributed by atoms with van der Waals surface area (Å²) in [7, 11) is 0. The van der Waals surface area contributed by atoms with Crippen LogP contribution in [-0.4, -0.2) is 544 Å². The van der Waals surface area contributed by atoms with Crippen molar-refractivity contribution in [3.05, 3.63) is 0 Å². The summed E-state index contributed by atoms with van der Waals surface area (Å²) >= 11 is 4.19. The van der Waals surface area contributed by atoms with Gasteiger partial charge in [-0.15, -0.1) is 0 Å². The van der Waals surface area contributed by atoms with Gasteiger partial charge in [-0.05, 0) is 12.2 Å². The van der Waals surface area contributed by atoms with Crippen LogP contribution in [0.15, 0.2) is 0 Å². The predicted molar refractivity (Wildman–Crippen MR) is 352 cm³/mol. The second-order valence-electron chi connectivity index (χ2n) is 29.0. The second kappa shape index (κ2) is 42.3. The zero-order valence-corrected chi connectivity index (χ0v) is 61.4. The van der Waals surface area contributed by atoms with E-state index in [1.54, 1.807) is 0 Å². The average Bonchev–Trinajstić information content (AvgIpc) is 0.768. The van der Waals surface area contributed by atoms with Gasteiger partial charge in [-0.25, -0.2) is 0 Å². The first-order valence-corrected chi connectivity index (χ1v) is 37.4. The summed E-state index contributed by atoms with van der Waals surface area (Å²) in [5, 5.41) is 340. The van der Waals surface area contributed by atoms with Gasteiger partial charge in [0.05, 0.1) is 72.7 Å².